The molecule has 0 saturated carbocycles. The number of aryl methyl sites for hydroxylation is 1. The van der Waals surface area contributed by atoms with Crippen molar-refractivity contribution >= 4 is 27.6 Å². The summed E-state index contributed by atoms with van der Waals surface area (Å²) in [5.74, 6) is -0.197. The van der Waals surface area contributed by atoms with E-state index in [1.807, 2.05) is 48.5 Å². The lowest BCUT2D eigenvalue weighted by atomic mass is 10.1. The summed E-state index contributed by atoms with van der Waals surface area (Å²) in [6.45, 7) is 0.294. The molecule has 2 rings (SSSR count). The van der Waals surface area contributed by atoms with Crippen molar-refractivity contribution in [3.05, 3.63) is 64.1 Å². The van der Waals surface area contributed by atoms with Gasteiger partial charge in [0, 0.05) is 22.1 Å². The third kappa shape index (κ3) is 4.38. The van der Waals surface area contributed by atoms with Crippen LogP contribution in [0.25, 0.3) is 0 Å². The Morgan fingerprint density at radius 1 is 1.10 bits per heavy atom. The minimum atomic E-state index is -0.197. The number of ether oxygens (including phenoxy) is 1. The molecule has 2 aromatic carbocycles. The fourth-order valence-electron chi connectivity index (χ4n) is 1.78. The summed E-state index contributed by atoms with van der Waals surface area (Å²) in [5, 5.41) is 0. The fourth-order valence-corrected chi connectivity index (χ4v) is 2.18. The Labute approximate surface area is 126 Å². The van der Waals surface area contributed by atoms with Crippen LogP contribution in [0.2, 0.25) is 0 Å². The zero-order valence-corrected chi connectivity index (χ0v) is 12.6. The minimum Gasteiger partial charge on any atom is -0.461 e. The van der Waals surface area contributed by atoms with Gasteiger partial charge in [-0.15, -0.1) is 0 Å². The third-order valence-electron chi connectivity index (χ3n) is 2.94. The summed E-state index contributed by atoms with van der Waals surface area (Å²) in [6.07, 6.45) is 1.03. The number of nitrogen functional groups attached to an aromatic ring is 1. The molecule has 0 aliphatic heterocycles. The van der Waals surface area contributed by atoms with E-state index in [4.69, 9.17) is 10.5 Å². The summed E-state index contributed by atoms with van der Waals surface area (Å²) in [4.78, 5) is 11.7. The minimum absolute atomic E-state index is 0.197. The van der Waals surface area contributed by atoms with Crippen LogP contribution in [-0.2, 0) is 22.6 Å². The number of hydrogen-bond donors (Lipinski definition) is 1. The van der Waals surface area contributed by atoms with Crippen LogP contribution < -0.4 is 5.73 Å². The van der Waals surface area contributed by atoms with E-state index in [9.17, 15) is 4.79 Å². The molecule has 0 atom stereocenters. The first kappa shape index (κ1) is 14.6. The van der Waals surface area contributed by atoms with Gasteiger partial charge in [-0.3, -0.25) is 4.79 Å². The third-order valence-corrected chi connectivity index (χ3v) is 3.72. The number of esters is 1. The molecule has 0 aliphatic rings. The van der Waals surface area contributed by atoms with Crippen molar-refractivity contribution in [2.75, 3.05) is 5.73 Å². The van der Waals surface area contributed by atoms with E-state index < -0.39 is 0 Å². The van der Waals surface area contributed by atoms with E-state index in [2.05, 4.69) is 15.9 Å². The molecular weight excluding hydrogens is 318 g/mol. The number of benzene rings is 2. The van der Waals surface area contributed by atoms with Crippen molar-refractivity contribution in [1.82, 2.24) is 0 Å². The summed E-state index contributed by atoms with van der Waals surface area (Å²) in [5.41, 5.74) is 8.39. The molecule has 0 spiro atoms. The van der Waals surface area contributed by atoms with Crippen LogP contribution in [0.4, 0.5) is 5.69 Å². The van der Waals surface area contributed by atoms with Gasteiger partial charge in [0.1, 0.15) is 6.61 Å². The number of carbonyl (C=O) groups excluding carboxylic acids is 1. The van der Waals surface area contributed by atoms with E-state index in [1.54, 1.807) is 0 Å². The molecule has 2 N–H and O–H groups in total. The zero-order valence-electron chi connectivity index (χ0n) is 11.0. The molecule has 0 bridgehead atoms. The molecule has 0 fully saturated rings. The first-order chi connectivity index (χ1) is 9.65. The van der Waals surface area contributed by atoms with E-state index >= 15 is 0 Å². The second-order valence-electron chi connectivity index (χ2n) is 4.49. The van der Waals surface area contributed by atoms with Gasteiger partial charge in [0.05, 0.1) is 0 Å². The summed E-state index contributed by atoms with van der Waals surface area (Å²) in [7, 11) is 0. The summed E-state index contributed by atoms with van der Waals surface area (Å²) in [6, 6.07) is 15.2. The predicted octanol–water partition coefficient (Wildman–Crippen LogP) is 3.71. The maximum absolute atomic E-state index is 11.7. The normalized spacial score (nSPS) is 10.2. The van der Waals surface area contributed by atoms with Crippen molar-refractivity contribution in [2.24, 2.45) is 0 Å². The molecule has 0 amide bonds. The maximum atomic E-state index is 11.7. The Bertz CT molecular complexity index is 581. The van der Waals surface area contributed by atoms with Crippen LogP contribution in [0.3, 0.4) is 0 Å². The second kappa shape index (κ2) is 7.10. The highest BCUT2D eigenvalue weighted by molar-refractivity contribution is 9.10. The monoisotopic (exact) mass is 333 g/mol. The van der Waals surface area contributed by atoms with Gasteiger partial charge in [-0.05, 0) is 30.2 Å². The molecule has 0 unspecified atom stereocenters. The van der Waals surface area contributed by atoms with Crippen LogP contribution >= 0.6 is 15.9 Å². The molecule has 104 valence electrons. The Morgan fingerprint density at radius 3 is 2.50 bits per heavy atom. The highest BCUT2D eigenvalue weighted by Gasteiger charge is 2.06. The van der Waals surface area contributed by atoms with Gasteiger partial charge in [-0.2, -0.15) is 0 Å². The number of hydrogen-bond acceptors (Lipinski definition) is 3. The first-order valence-corrected chi connectivity index (χ1v) is 7.18. The van der Waals surface area contributed by atoms with E-state index in [0.29, 0.717) is 19.4 Å². The molecule has 4 heteroatoms. The van der Waals surface area contributed by atoms with Crippen LogP contribution in [0.1, 0.15) is 17.5 Å². The highest BCUT2D eigenvalue weighted by atomic mass is 79.9. The second-order valence-corrected chi connectivity index (χ2v) is 5.35. The smallest absolute Gasteiger partial charge is 0.306 e. The van der Waals surface area contributed by atoms with Crippen LogP contribution in [0.5, 0.6) is 0 Å². The van der Waals surface area contributed by atoms with Gasteiger partial charge >= 0.3 is 5.97 Å². The molecule has 2 aromatic rings. The Hall–Kier alpha value is -1.81. The van der Waals surface area contributed by atoms with Gasteiger partial charge in [-0.25, -0.2) is 0 Å². The first-order valence-electron chi connectivity index (χ1n) is 6.38. The fraction of sp³-hybridized carbons (Fsp3) is 0.188. The van der Waals surface area contributed by atoms with Crippen LogP contribution in [0.15, 0.2) is 53.0 Å². The molecule has 0 saturated heterocycles. The molecule has 20 heavy (non-hydrogen) atoms. The summed E-state index contributed by atoms with van der Waals surface area (Å²) < 4.78 is 6.21. The van der Waals surface area contributed by atoms with Gasteiger partial charge in [0.2, 0.25) is 0 Å². The Balaban J connectivity index is 1.78. The van der Waals surface area contributed by atoms with Gasteiger partial charge in [-0.1, -0.05) is 46.3 Å². The van der Waals surface area contributed by atoms with Crippen LogP contribution in [0, 0.1) is 0 Å². The van der Waals surface area contributed by atoms with E-state index in [0.717, 1.165) is 21.3 Å². The molecule has 3 nitrogen and oxygen atoms in total. The number of nitrogens with two attached hydrogens (primary N) is 1. The molecule has 0 heterocycles. The van der Waals surface area contributed by atoms with E-state index in [1.165, 1.54) is 0 Å². The Morgan fingerprint density at radius 2 is 1.80 bits per heavy atom. The maximum Gasteiger partial charge on any atom is 0.306 e. The number of anilines is 1. The lowest BCUT2D eigenvalue weighted by molar-refractivity contribution is -0.144. The standard InChI is InChI=1S/C16H16BrNO2/c17-15-4-2-1-3-13(15)11-20-16(19)10-7-12-5-8-14(18)9-6-12/h1-6,8-9H,7,10-11,18H2. The lowest BCUT2D eigenvalue weighted by Crippen LogP contribution is -2.06. The molecule has 0 aromatic heterocycles. The number of halogens is 1. The SMILES string of the molecule is Nc1ccc(CCC(=O)OCc2ccccc2Br)cc1. The van der Waals surface area contributed by atoms with Crippen molar-refractivity contribution in [2.45, 2.75) is 19.4 Å². The van der Waals surface area contributed by atoms with Gasteiger partial charge < -0.3 is 10.5 Å². The number of rotatable bonds is 5. The van der Waals surface area contributed by atoms with Crippen molar-refractivity contribution in [1.29, 1.82) is 0 Å². The predicted molar refractivity (Wildman–Crippen MR) is 83.1 cm³/mol. The topological polar surface area (TPSA) is 52.3 Å². The largest absolute Gasteiger partial charge is 0.461 e. The molecule has 0 aliphatic carbocycles. The average molecular weight is 334 g/mol. The Kier molecular flexibility index (Phi) is 5.18. The molecule has 0 radical (unpaired) electrons. The van der Waals surface area contributed by atoms with Gasteiger partial charge in [0.15, 0.2) is 0 Å². The van der Waals surface area contributed by atoms with Crippen molar-refractivity contribution in [3.63, 3.8) is 0 Å². The number of carbonyl (C=O) groups is 1. The van der Waals surface area contributed by atoms with Crippen molar-refractivity contribution < 1.29 is 9.53 Å². The van der Waals surface area contributed by atoms with Crippen LogP contribution in [-0.4, -0.2) is 5.97 Å². The quantitative estimate of drug-likeness (QED) is 0.670. The average Bonchev–Trinajstić information content (AvgIpc) is 2.46. The van der Waals surface area contributed by atoms with Crippen molar-refractivity contribution in [3.8, 4) is 0 Å². The highest BCUT2D eigenvalue weighted by Crippen LogP contribution is 2.17. The van der Waals surface area contributed by atoms with E-state index in [-0.39, 0.29) is 5.97 Å². The van der Waals surface area contributed by atoms with Gasteiger partial charge in [0.25, 0.3) is 0 Å². The molecular formula is C16H16BrNO2. The zero-order chi connectivity index (χ0) is 14.4. The lowest BCUT2D eigenvalue weighted by Gasteiger charge is -2.07. The summed E-state index contributed by atoms with van der Waals surface area (Å²) >= 11 is 3.43.